The second kappa shape index (κ2) is 10.7. The Labute approximate surface area is 203 Å². The summed E-state index contributed by atoms with van der Waals surface area (Å²) in [4.78, 5) is 27.6. The molecule has 0 radical (unpaired) electrons. The fourth-order valence-corrected chi connectivity index (χ4v) is 4.46. The number of nitrogens with zero attached hydrogens (tertiary/aromatic N) is 1. The lowest BCUT2D eigenvalue weighted by molar-refractivity contribution is 0.0706. The van der Waals surface area contributed by atoms with Gasteiger partial charge in [0.05, 0.1) is 7.11 Å². The number of amides is 2. The molecule has 0 aliphatic carbocycles. The molecular formula is C27H26ClFN2O3. The van der Waals surface area contributed by atoms with Gasteiger partial charge in [0.1, 0.15) is 11.6 Å². The standard InChI is InChI=1S/C27H26ClFN2O3/c1-34-24-11-8-18(9-12-24)27(33)31-13-3-6-22(17-31)19-4-2-5-20(14-19)26(32)30-16-21-7-10-23(29)15-25(21)28/h2,4-5,7-12,14-15,22H,3,6,13,16-17H2,1H3,(H,30,32)/t22-/m1/s1. The molecule has 5 nitrogen and oxygen atoms in total. The Morgan fingerprint density at radius 1 is 1.09 bits per heavy atom. The topological polar surface area (TPSA) is 58.6 Å². The number of hydrogen-bond acceptors (Lipinski definition) is 3. The van der Waals surface area contributed by atoms with Crippen molar-refractivity contribution < 1.29 is 18.7 Å². The smallest absolute Gasteiger partial charge is 0.253 e. The van der Waals surface area contributed by atoms with E-state index in [4.69, 9.17) is 16.3 Å². The second-order valence-corrected chi connectivity index (χ2v) is 8.77. The van der Waals surface area contributed by atoms with E-state index in [0.717, 1.165) is 18.4 Å². The van der Waals surface area contributed by atoms with Crippen LogP contribution in [0, 0.1) is 5.82 Å². The van der Waals surface area contributed by atoms with Crippen molar-refractivity contribution in [3.63, 3.8) is 0 Å². The van der Waals surface area contributed by atoms with Crippen LogP contribution in [0.25, 0.3) is 0 Å². The molecule has 1 aliphatic rings. The van der Waals surface area contributed by atoms with Crippen LogP contribution >= 0.6 is 11.6 Å². The summed E-state index contributed by atoms with van der Waals surface area (Å²) in [5.41, 5.74) is 2.84. The number of halogens is 2. The van der Waals surface area contributed by atoms with E-state index in [9.17, 15) is 14.0 Å². The minimum absolute atomic E-state index is 0.00238. The molecule has 1 heterocycles. The second-order valence-electron chi connectivity index (χ2n) is 8.36. The monoisotopic (exact) mass is 480 g/mol. The zero-order chi connectivity index (χ0) is 24.1. The van der Waals surface area contributed by atoms with Crippen molar-refractivity contribution in [1.29, 1.82) is 0 Å². The molecule has 0 unspecified atom stereocenters. The van der Waals surface area contributed by atoms with E-state index < -0.39 is 5.82 Å². The first-order chi connectivity index (χ1) is 16.4. The van der Waals surface area contributed by atoms with Gasteiger partial charge in [0.2, 0.25) is 0 Å². The quantitative estimate of drug-likeness (QED) is 0.511. The third-order valence-corrected chi connectivity index (χ3v) is 6.47. The van der Waals surface area contributed by atoms with E-state index >= 15 is 0 Å². The van der Waals surface area contributed by atoms with Crippen LogP contribution in [0.5, 0.6) is 5.75 Å². The van der Waals surface area contributed by atoms with Gasteiger partial charge >= 0.3 is 0 Å². The van der Waals surface area contributed by atoms with Gasteiger partial charge in [0, 0.05) is 41.7 Å². The Hall–Kier alpha value is -3.38. The Morgan fingerprint density at radius 3 is 2.62 bits per heavy atom. The summed E-state index contributed by atoms with van der Waals surface area (Å²) >= 11 is 6.05. The van der Waals surface area contributed by atoms with Crippen LogP contribution in [0.2, 0.25) is 5.02 Å². The van der Waals surface area contributed by atoms with Crippen LogP contribution < -0.4 is 10.1 Å². The van der Waals surface area contributed by atoms with Crippen LogP contribution in [0.1, 0.15) is 50.6 Å². The summed E-state index contributed by atoms with van der Waals surface area (Å²) in [7, 11) is 1.60. The molecule has 0 spiro atoms. The van der Waals surface area contributed by atoms with Crippen molar-refractivity contribution in [3.05, 3.63) is 99.8 Å². The molecule has 1 N–H and O–H groups in total. The van der Waals surface area contributed by atoms with Gasteiger partial charge in [-0.15, -0.1) is 0 Å². The highest BCUT2D eigenvalue weighted by Crippen LogP contribution is 2.29. The average Bonchev–Trinajstić information content (AvgIpc) is 2.88. The zero-order valence-electron chi connectivity index (χ0n) is 18.9. The normalized spacial score (nSPS) is 15.6. The van der Waals surface area contributed by atoms with Crippen LogP contribution in [-0.2, 0) is 6.54 Å². The number of carbonyl (C=O) groups is 2. The fraction of sp³-hybridized carbons (Fsp3) is 0.259. The summed E-state index contributed by atoms with van der Waals surface area (Å²) in [5.74, 6) is 0.210. The van der Waals surface area contributed by atoms with Gasteiger partial charge in [0.25, 0.3) is 11.8 Å². The van der Waals surface area contributed by atoms with Crippen molar-refractivity contribution in [2.24, 2.45) is 0 Å². The molecule has 7 heteroatoms. The van der Waals surface area contributed by atoms with Gasteiger partial charge in [-0.1, -0.05) is 29.8 Å². The predicted molar refractivity (Wildman–Crippen MR) is 130 cm³/mol. The molecule has 3 aromatic carbocycles. The van der Waals surface area contributed by atoms with E-state index in [1.54, 1.807) is 43.5 Å². The lowest BCUT2D eigenvalue weighted by Gasteiger charge is -2.33. The molecule has 176 valence electrons. The zero-order valence-corrected chi connectivity index (χ0v) is 19.6. The molecule has 0 saturated carbocycles. The number of nitrogens with one attached hydrogen (secondary N) is 1. The van der Waals surface area contributed by atoms with E-state index in [0.29, 0.717) is 35.5 Å². The summed E-state index contributed by atoms with van der Waals surface area (Å²) in [6, 6.07) is 18.7. The van der Waals surface area contributed by atoms with Gasteiger partial charge in [-0.25, -0.2) is 4.39 Å². The number of hydrogen-bond donors (Lipinski definition) is 1. The minimum Gasteiger partial charge on any atom is -0.497 e. The van der Waals surface area contributed by atoms with Crippen LogP contribution in [0.4, 0.5) is 4.39 Å². The molecular weight excluding hydrogens is 455 g/mol. The minimum atomic E-state index is -0.417. The number of carbonyl (C=O) groups excluding carboxylic acids is 2. The Balaban J connectivity index is 1.41. The van der Waals surface area contributed by atoms with E-state index in [1.165, 1.54) is 12.1 Å². The van der Waals surface area contributed by atoms with Crippen molar-refractivity contribution in [1.82, 2.24) is 10.2 Å². The van der Waals surface area contributed by atoms with Crippen LogP contribution in [0.3, 0.4) is 0 Å². The Morgan fingerprint density at radius 2 is 1.88 bits per heavy atom. The van der Waals surface area contributed by atoms with Gasteiger partial charge in [-0.2, -0.15) is 0 Å². The van der Waals surface area contributed by atoms with E-state index in [1.807, 2.05) is 23.1 Å². The number of benzene rings is 3. The number of likely N-dealkylation sites (tertiary alicyclic amines) is 1. The first-order valence-electron chi connectivity index (χ1n) is 11.2. The maximum atomic E-state index is 13.2. The van der Waals surface area contributed by atoms with Crippen molar-refractivity contribution in [2.45, 2.75) is 25.3 Å². The highest BCUT2D eigenvalue weighted by Gasteiger charge is 2.26. The number of piperidine rings is 1. The summed E-state index contributed by atoms with van der Waals surface area (Å²) in [5, 5.41) is 3.12. The number of methoxy groups -OCH3 is 1. The summed E-state index contributed by atoms with van der Waals surface area (Å²) < 4.78 is 18.4. The highest BCUT2D eigenvalue weighted by atomic mass is 35.5. The highest BCUT2D eigenvalue weighted by molar-refractivity contribution is 6.31. The van der Waals surface area contributed by atoms with Crippen LogP contribution in [-0.4, -0.2) is 36.9 Å². The molecule has 2 amide bonds. The molecule has 34 heavy (non-hydrogen) atoms. The van der Waals surface area contributed by atoms with Gasteiger partial charge in [0.15, 0.2) is 0 Å². The van der Waals surface area contributed by atoms with Crippen LogP contribution in [0.15, 0.2) is 66.7 Å². The Kier molecular flexibility index (Phi) is 7.48. The van der Waals surface area contributed by atoms with E-state index in [-0.39, 0.29) is 29.3 Å². The lowest BCUT2D eigenvalue weighted by atomic mass is 9.89. The number of rotatable bonds is 6. The predicted octanol–water partition coefficient (Wildman–Crippen LogP) is 5.44. The maximum absolute atomic E-state index is 13.2. The lowest BCUT2D eigenvalue weighted by Crippen LogP contribution is -2.39. The number of ether oxygens (including phenoxy) is 1. The molecule has 1 aliphatic heterocycles. The van der Waals surface area contributed by atoms with Crippen molar-refractivity contribution >= 4 is 23.4 Å². The molecule has 1 saturated heterocycles. The largest absolute Gasteiger partial charge is 0.497 e. The van der Waals surface area contributed by atoms with Gasteiger partial charge in [-0.05, 0) is 72.5 Å². The molecule has 0 aromatic heterocycles. The molecule has 1 atom stereocenters. The fourth-order valence-electron chi connectivity index (χ4n) is 4.23. The van der Waals surface area contributed by atoms with Crippen molar-refractivity contribution in [3.8, 4) is 5.75 Å². The van der Waals surface area contributed by atoms with E-state index in [2.05, 4.69) is 5.32 Å². The molecule has 4 rings (SSSR count). The third kappa shape index (κ3) is 5.57. The molecule has 3 aromatic rings. The first kappa shape index (κ1) is 23.8. The third-order valence-electron chi connectivity index (χ3n) is 6.12. The SMILES string of the molecule is COc1ccc(C(=O)N2CCC[C@@H](c3cccc(C(=O)NCc4ccc(F)cc4Cl)c3)C2)cc1. The first-order valence-corrected chi connectivity index (χ1v) is 11.6. The molecule has 0 bridgehead atoms. The Bertz CT molecular complexity index is 1180. The summed E-state index contributed by atoms with van der Waals surface area (Å²) in [6.45, 7) is 1.51. The van der Waals surface area contributed by atoms with Gasteiger partial charge < -0.3 is 15.0 Å². The summed E-state index contributed by atoms with van der Waals surface area (Å²) in [6.07, 6.45) is 1.84. The average molecular weight is 481 g/mol. The van der Waals surface area contributed by atoms with Crippen molar-refractivity contribution in [2.75, 3.05) is 20.2 Å². The maximum Gasteiger partial charge on any atom is 0.253 e. The van der Waals surface area contributed by atoms with Gasteiger partial charge in [-0.3, -0.25) is 9.59 Å². The molecule has 1 fully saturated rings.